The van der Waals surface area contributed by atoms with E-state index in [9.17, 15) is 0 Å². The van der Waals surface area contributed by atoms with Gasteiger partial charge in [-0.15, -0.1) is 0 Å². The van der Waals surface area contributed by atoms with Crippen LogP contribution in [0.4, 0.5) is 0 Å². The van der Waals surface area contributed by atoms with E-state index in [0.717, 1.165) is 0 Å². The predicted octanol–water partition coefficient (Wildman–Crippen LogP) is 2.22. The monoisotopic (exact) mass is 272 g/mol. The Hall–Kier alpha value is -0.160. The molecule has 1 aliphatic rings. The zero-order valence-corrected chi connectivity index (χ0v) is 13.5. The maximum absolute atomic E-state index is 6.02. The van der Waals surface area contributed by atoms with E-state index in [2.05, 4.69) is 32.7 Å². The van der Waals surface area contributed by atoms with Crippen molar-refractivity contribution in [3.8, 4) is 0 Å². The lowest BCUT2D eigenvalue weighted by molar-refractivity contribution is -0.185. The Labute approximate surface area is 118 Å². The van der Waals surface area contributed by atoms with Crippen LogP contribution in [-0.2, 0) is 9.47 Å². The third kappa shape index (κ3) is 3.69. The van der Waals surface area contributed by atoms with Gasteiger partial charge in [-0.3, -0.25) is 4.90 Å². The highest BCUT2D eigenvalue weighted by Gasteiger charge is 2.42. The summed E-state index contributed by atoms with van der Waals surface area (Å²) in [5.41, 5.74) is 6.22. The Bertz CT molecular complexity index is 269. The van der Waals surface area contributed by atoms with E-state index in [1.165, 1.54) is 25.7 Å². The van der Waals surface area contributed by atoms with Gasteiger partial charge in [0.25, 0.3) is 0 Å². The van der Waals surface area contributed by atoms with Crippen LogP contribution in [0.5, 0.6) is 0 Å². The molecule has 0 spiro atoms. The van der Waals surface area contributed by atoms with Crippen LogP contribution in [0.15, 0.2) is 0 Å². The summed E-state index contributed by atoms with van der Waals surface area (Å²) in [5, 5.41) is 0. The molecule has 0 radical (unpaired) electrons. The van der Waals surface area contributed by atoms with Gasteiger partial charge in [-0.25, -0.2) is 0 Å². The largest absolute Gasteiger partial charge is 0.354 e. The lowest BCUT2D eigenvalue weighted by atomic mass is 9.74. The Balaban J connectivity index is 2.76. The third-order valence-electron chi connectivity index (χ3n) is 5.01. The number of likely N-dealkylation sites (N-methyl/N-ethyl adjacent to an activating group) is 1. The van der Waals surface area contributed by atoms with Gasteiger partial charge < -0.3 is 15.2 Å². The van der Waals surface area contributed by atoms with Crippen LogP contribution in [0, 0.1) is 5.41 Å². The van der Waals surface area contributed by atoms with Gasteiger partial charge in [0, 0.05) is 26.8 Å². The van der Waals surface area contributed by atoms with Crippen LogP contribution in [0.1, 0.15) is 46.5 Å². The fourth-order valence-corrected chi connectivity index (χ4v) is 3.20. The van der Waals surface area contributed by atoms with Crippen molar-refractivity contribution in [2.24, 2.45) is 11.1 Å². The summed E-state index contributed by atoms with van der Waals surface area (Å²) in [5.74, 6) is 0. The number of rotatable bonds is 6. The minimum absolute atomic E-state index is 0.282. The predicted molar refractivity (Wildman–Crippen MR) is 79.1 cm³/mol. The SMILES string of the molecule is COC(OC)C(C)(CN)N(C)C1CCC(C)(C)CC1. The van der Waals surface area contributed by atoms with Crippen LogP contribution in [0.25, 0.3) is 0 Å². The molecule has 1 saturated carbocycles. The zero-order valence-electron chi connectivity index (χ0n) is 13.5. The molecule has 1 aliphatic carbocycles. The quantitative estimate of drug-likeness (QED) is 0.753. The average Bonchev–Trinajstić information content (AvgIpc) is 2.39. The number of hydrogen-bond donors (Lipinski definition) is 1. The van der Waals surface area contributed by atoms with Gasteiger partial charge in [0.2, 0.25) is 0 Å². The highest BCUT2D eigenvalue weighted by Crippen LogP contribution is 2.38. The summed E-state index contributed by atoms with van der Waals surface area (Å²) in [6.45, 7) is 7.37. The molecule has 0 aliphatic heterocycles. The lowest BCUT2D eigenvalue weighted by Crippen LogP contribution is -2.62. The van der Waals surface area contributed by atoms with E-state index in [4.69, 9.17) is 15.2 Å². The van der Waals surface area contributed by atoms with Crippen molar-refractivity contribution >= 4 is 0 Å². The molecular weight excluding hydrogens is 240 g/mol. The standard InChI is InChI=1S/C15H32N2O2/c1-14(2)9-7-12(8-10-14)17(4)15(3,11-16)13(18-5)19-6/h12-13H,7-11,16H2,1-6H3. The average molecular weight is 272 g/mol. The second kappa shape index (κ2) is 6.53. The minimum Gasteiger partial charge on any atom is -0.354 e. The first-order chi connectivity index (χ1) is 8.80. The second-order valence-electron chi connectivity index (χ2n) is 6.87. The van der Waals surface area contributed by atoms with E-state index >= 15 is 0 Å². The van der Waals surface area contributed by atoms with Gasteiger partial charge in [0.1, 0.15) is 0 Å². The van der Waals surface area contributed by atoms with Crippen LogP contribution in [0.3, 0.4) is 0 Å². The highest BCUT2D eigenvalue weighted by molar-refractivity contribution is 4.95. The van der Waals surface area contributed by atoms with Crippen molar-refractivity contribution in [2.45, 2.75) is 64.3 Å². The first-order valence-corrected chi connectivity index (χ1v) is 7.29. The van der Waals surface area contributed by atoms with Crippen LogP contribution < -0.4 is 5.73 Å². The summed E-state index contributed by atoms with van der Waals surface area (Å²) in [6.07, 6.45) is 4.69. The summed E-state index contributed by atoms with van der Waals surface area (Å²) < 4.78 is 10.9. The first-order valence-electron chi connectivity index (χ1n) is 7.29. The maximum Gasteiger partial charge on any atom is 0.176 e. The van der Waals surface area contributed by atoms with Gasteiger partial charge >= 0.3 is 0 Å². The van der Waals surface area contributed by atoms with Gasteiger partial charge in [0.15, 0.2) is 6.29 Å². The van der Waals surface area contributed by atoms with Crippen LogP contribution in [-0.4, -0.2) is 50.6 Å². The number of hydrogen-bond acceptors (Lipinski definition) is 4. The van der Waals surface area contributed by atoms with E-state index in [0.29, 0.717) is 18.0 Å². The molecule has 1 fully saturated rings. The molecule has 1 unspecified atom stereocenters. The van der Waals surface area contributed by atoms with Gasteiger partial charge in [0.05, 0.1) is 5.54 Å². The Morgan fingerprint density at radius 3 is 2.11 bits per heavy atom. The molecule has 0 aromatic carbocycles. The summed E-state index contributed by atoms with van der Waals surface area (Å²) in [4.78, 5) is 2.37. The minimum atomic E-state index is -0.294. The van der Waals surface area contributed by atoms with Crippen molar-refractivity contribution in [1.29, 1.82) is 0 Å². The first kappa shape index (κ1) is 16.9. The molecule has 114 valence electrons. The molecule has 0 heterocycles. The second-order valence-corrected chi connectivity index (χ2v) is 6.87. The molecular formula is C15H32N2O2. The topological polar surface area (TPSA) is 47.7 Å². The smallest absolute Gasteiger partial charge is 0.176 e. The number of nitrogens with two attached hydrogens (primary N) is 1. The fraction of sp³-hybridized carbons (Fsp3) is 1.00. The number of methoxy groups -OCH3 is 2. The molecule has 2 N–H and O–H groups in total. The molecule has 0 aromatic rings. The highest BCUT2D eigenvalue weighted by atomic mass is 16.7. The van der Waals surface area contributed by atoms with Gasteiger partial charge in [-0.1, -0.05) is 13.8 Å². The van der Waals surface area contributed by atoms with E-state index in [1.54, 1.807) is 14.2 Å². The summed E-state index contributed by atoms with van der Waals surface area (Å²) in [7, 11) is 5.51. The molecule has 1 rings (SSSR count). The lowest BCUT2D eigenvalue weighted by Gasteiger charge is -2.48. The molecule has 0 bridgehead atoms. The molecule has 1 atom stereocenters. The fourth-order valence-electron chi connectivity index (χ4n) is 3.20. The van der Waals surface area contributed by atoms with E-state index in [-0.39, 0.29) is 11.8 Å². The zero-order chi connectivity index (χ0) is 14.7. The Morgan fingerprint density at radius 1 is 1.26 bits per heavy atom. The Kier molecular flexibility index (Phi) is 5.80. The van der Waals surface area contributed by atoms with Crippen LogP contribution in [0.2, 0.25) is 0 Å². The van der Waals surface area contributed by atoms with Crippen molar-refractivity contribution < 1.29 is 9.47 Å². The molecule has 0 aromatic heterocycles. The summed E-state index contributed by atoms with van der Waals surface area (Å²) in [6, 6.07) is 0.564. The third-order valence-corrected chi connectivity index (χ3v) is 5.01. The molecule has 0 saturated heterocycles. The molecule has 0 amide bonds. The van der Waals surface area contributed by atoms with Crippen molar-refractivity contribution in [3.05, 3.63) is 0 Å². The molecule has 4 heteroatoms. The number of ether oxygens (including phenoxy) is 2. The van der Waals surface area contributed by atoms with Gasteiger partial charge in [-0.2, -0.15) is 0 Å². The van der Waals surface area contributed by atoms with Crippen molar-refractivity contribution in [2.75, 3.05) is 27.8 Å². The van der Waals surface area contributed by atoms with Gasteiger partial charge in [-0.05, 0) is 45.1 Å². The van der Waals surface area contributed by atoms with Crippen molar-refractivity contribution in [1.82, 2.24) is 4.90 Å². The molecule has 4 nitrogen and oxygen atoms in total. The number of nitrogens with zero attached hydrogens (tertiary/aromatic N) is 1. The summed E-state index contributed by atoms with van der Waals surface area (Å²) >= 11 is 0. The van der Waals surface area contributed by atoms with E-state index in [1.807, 2.05) is 0 Å². The normalized spacial score (nSPS) is 23.8. The Morgan fingerprint density at radius 2 is 1.74 bits per heavy atom. The van der Waals surface area contributed by atoms with Crippen molar-refractivity contribution in [3.63, 3.8) is 0 Å². The molecule has 19 heavy (non-hydrogen) atoms. The van der Waals surface area contributed by atoms with E-state index < -0.39 is 0 Å². The van der Waals surface area contributed by atoms with Crippen LogP contribution >= 0.6 is 0 Å². The maximum atomic E-state index is 6.02.